The molecule has 0 radical (unpaired) electrons. The number of hydrogen-bond donors (Lipinski definition) is 3. The zero-order valence-electron chi connectivity index (χ0n) is 9.50. The first-order valence-corrected chi connectivity index (χ1v) is 8.14. The van der Waals surface area contributed by atoms with Gasteiger partial charge in [-0.15, -0.1) is 22.7 Å². The van der Waals surface area contributed by atoms with Crippen molar-refractivity contribution in [2.45, 2.75) is 13.5 Å². The van der Waals surface area contributed by atoms with Crippen molar-refractivity contribution in [3.63, 3.8) is 0 Å². The Kier molecular flexibility index (Phi) is 3.69. The third-order valence-corrected chi connectivity index (χ3v) is 4.73. The zero-order valence-corrected chi connectivity index (χ0v) is 12.0. The third kappa shape index (κ3) is 3.06. The van der Waals surface area contributed by atoms with E-state index in [1.807, 2.05) is 19.1 Å². The van der Waals surface area contributed by atoms with Crippen LogP contribution in [0.25, 0.3) is 10.6 Å². The summed E-state index contributed by atoms with van der Waals surface area (Å²) in [5, 5.41) is 5.18. The number of thiophene rings is 1. The molecule has 0 amide bonds. The second kappa shape index (κ2) is 4.94. The lowest BCUT2D eigenvalue weighted by Crippen LogP contribution is -2.21. The zero-order chi connectivity index (χ0) is 13.3. The first kappa shape index (κ1) is 13.4. The fraction of sp³-hybridized carbons (Fsp3) is 0.222. The standard InChI is InChI=1S/C9H12N4O2S3/c1-5-8(7-3-2-6(4-10)17-7)12-9(16-5)13-18(11,14)15/h2-3H,4,10H2,1H3,(H,12,13)(H2,11,14,15). The maximum absolute atomic E-state index is 10.9. The lowest BCUT2D eigenvalue weighted by Gasteiger charge is -1.96. The molecule has 0 aliphatic heterocycles. The van der Waals surface area contributed by atoms with E-state index in [1.54, 1.807) is 11.3 Å². The molecule has 0 fully saturated rings. The summed E-state index contributed by atoms with van der Waals surface area (Å²) in [5.74, 6) is 0. The normalized spacial score (nSPS) is 11.7. The lowest BCUT2D eigenvalue weighted by molar-refractivity contribution is 0.603. The minimum atomic E-state index is -3.78. The van der Waals surface area contributed by atoms with Crippen LogP contribution >= 0.6 is 22.7 Å². The number of aryl methyl sites for hydroxylation is 1. The molecule has 2 heterocycles. The van der Waals surface area contributed by atoms with Gasteiger partial charge in [0.2, 0.25) is 0 Å². The van der Waals surface area contributed by atoms with Gasteiger partial charge in [-0.1, -0.05) is 0 Å². The Morgan fingerprint density at radius 3 is 2.67 bits per heavy atom. The average molecular weight is 304 g/mol. The van der Waals surface area contributed by atoms with E-state index in [4.69, 9.17) is 10.9 Å². The van der Waals surface area contributed by atoms with Gasteiger partial charge in [-0.2, -0.15) is 8.42 Å². The topological polar surface area (TPSA) is 111 Å². The average Bonchev–Trinajstić information content (AvgIpc) is 2.82. The summed E-state index contributed by atoms with van der Waals surface area (Å²) in [6.45, 7) is 2.36. The Morgan fingerprint density at radius 2 is 2.11 bits per heavy atom. The van der Waals surface area contributed by atoms with Crippen molar-refractivity contribution in [2.24, 2.45) is 10.9 Å². The highest BCUT2D eigenvalue weighted by molar-refractivity contribution is 7.90. The van der Waals surface area contributed by atoms with Gasteiger partial charge in [0, 0.05) is 16.3 Å². The summed E-state index contributed by atoms with van der Waals surface area (Å²) in [6, 6.07) is 3.86. The maximum atomic E-state index is 10.9. The minimum absolute atomic E-state index is 0.271. The Hall–Kier alpha value is -1.00. The summed E-state index contributed by atoms with van der Waals surface area (Å²) in [4.78, 5) is 7.17. The van der Waals surface area contributed by atoms with Gasteiger partial charge in [-0.25, -0.2) is 14.8 Å². The van der Waals surface area contributed by atoms with Gasteiger partial charge >= 0.3 is 0 Å². The predicted octanol–water partition coefficient (Wildman–Crippen LogP) is 1.25. The number of rotatable bonds is 4. The van der Waals surface area contributed by atoms with Crippen LogP contribution in [0.2, 0.25) is 0 Å². The fourth-order valence-corrected chi connectivity index (χ4v) is 3.89. The molecule has 6 nitrogen and oxygen atoms in total. The van der Waals surface area contributed by atoms with Crippen LogP contribution in [0.4, 0.5) is 5.13 Å². The predicted molar refractivity (Wildman–Crippen MR) is 74.8 cm³/mol. The van der Waals surface area contributed by atoms with Gasteiger partial charge in [0.15, 0.2) is 5.13 Å². The molecule has 5 N–H and O–H groups in total. The molecule has 0 unspecified atom stereocenters. The van der Waals surface area contributed by atoms with E-state index in [9.17, 15) is 8.42 Å². The highest BCUT2D eigenvalue weighted by Gasteiger charge is 2.14. The molecule has 0 aliphatic rings. The molecule has 2 aromatic rings. The van der Waals surface area contributed by atoms with Crippen molar-refractivity contribution in [3.05, 3.63) is 21.9 Å². The number of nitrogens with two attached hydrogens (primary N) is 2. The molecule has 0 saturated carbocycles. The van der Waals surface area contributed by atoms with E-state index >= 15 is 0 Å². The molecule has 2 aromatic heterocycles. The smallest absolute Gasteiger partial charge is 0.298 e. The number of aromatic nitrogens is 1. The number of thiazole rings is 1. The number of nitrogens with one attached hydrogen (secondary N) is 1. The van der Waals surface area contributed by atoms with Crippen LogP contribution in [0.5, 0.6) is 0 Å². The highest BCUT2D eigenvalue weighted by atomic mass is 32.2. The van der Waals surface area contributed by atoms with Crippen LogP contribution < -0.4 is 15.6 Å². The highest BCUT2D eigenvalue weighted by Crippen LogP contribution is 2.34. The number of hydrogen-bond acceptors (Lipinski definition) is 6. The second-order valence-electron chi connectivity index (χ2n) is 3.54. The molecule has 0 saturated heterocycles. The maximum Gasteiger partial charge on any atom is 0.298 e. The SMILES string of the molecule is Cc1sc(NS(N)(=O)=O)nc1-c1ccc(CN)s1. The Labute approximate surface area is 113 Å². The van der Waals surface area contributed by atoms with E-state index in [1.165, 1.54) is 11.3 Å². The quantitative estimate of drug-likeness (QED) is 0.789. The van der Waals surface area contributed by atoms with Crippen molar-refractivity contribution >= 4 is 38.0 Å². The monoisotopic (exact) mass is 304 g/mol. The van der Waals surface area contributed by atoms with Crippen molar-refractivity contribution in [1.82, 2.24) is 4.98 Å². The molecule has 0 aromatic carbocycles. The molecule has 0 spiro atoms. The van der Waals surface area contributed by atoms with E-state index in [2.05, 4.69) is 9.71 Å². The minimum Gasteiger partial charge on any atom is -0.326 e. The summed E-state index contributed by atoms with van der Waals surface area (Å²) < 4.78 is 24.0. The fourth-order valence-electron chi connectivity index (χ4n) is 1.41. The summed E-state index contributed by atoms with van der Waals surface area (Å²) in [5.41, 5.74) is 6.31. The first-order valence-electron chi connectivity index (χ1n) is 4.96. The molecule has 0 aliphatic carbocycles. The van der Waals surface area contributed by atoms with Crippen LogP contribution in [-0.4, -0.2) is 13.4 Å². The molecule has 0 atom stereocenters. The van der Waals surface area contributed by atoms with Crippen LogP contribution in [0.1, 0.15) is 9.75 Å². The molecule has 9 heteroatoms. The Balaban J connectivity index is 2.34. The van der Waals surface area contributed by atoms with Crippen molar-refractivity contribution in [2.75, 3.05) is 4.72 Å². The largest absolute Gasteiger partial charge is 0.326 e. The van der Waals surface area contributed by atoms with Crippen LogP contribution in [-0.2, 0) is 16.8 Å². The van der Waals surface area contributed by atoms with Crippen LogP contribution in [0.15, 0.2) is 12.1 Å². The number of anilines is 1. The summed E-state index contributed by atoms with van der Waals surface area (Å²) in [6.07, 6.45) is 0. The molecule has 98 valence electrons. The van der Waals surface area contributed by atoms with Gasteiger partial charge in [0.25, 0.3) is 10.2 Å². The van der Waals surface area contributed by atoms with E-state index in [-0.39, 0.29) is 5.13 Å². The molecule has 2 rings (SSSR count). The van der Waals surface area contributed by atoms with E-state index in [0.29, 0.717) is 6.54 Å². The van der Waals surface area contributed by atoms with Gasteiger partial charge in [-0.05, 0) is 19.1 Å². The van der Waals surface area contributed by atoms with E-state index in [0.717, 1.165) is 20.3 Å². The van der Waals surface area contributed by atoms with Gasteiger partial charge in [-0.3, -0.25) is 0 Å². The number of nitrogens with zero attached hydrogens (tertiary/aromatic N) is 1. The molecule has 0 bridgehead atoms. The van der Waals surface area contributed by atoms with Crippen molar-refractivity contribution in [1.29, 1.82) is 0 Å². The van der Waals surface area contributed by atoms with Crippen molar-refractivity contribution < 1.29 is 8.42 Å². The Bertz CT molecular complexity index is 659. The second-order valence-corrected chi connectivity index (χ2v) is 7.21. The van der Waals surface area contributed by atoms with Crippen LogP contribution in [0.3, 0.4) is 0 Å². The first-order chi connectivity index (χ1) is 8.39. The van der Waals surface area contributed by atoms with Crippen molar-refractivity contribution in [3.8, 4) is 10.6 Å². The van der Waals surface area contributed by atoms with E-state index < -0.39 is 10.2 Å². The van der Waals surface area contributed by atoms with Gasteiger partial charge in [0.05, 0.1) is 10.6 Å². The summed E-state index contributed by atoms with van der Waals surface area (Å²) in [7, 11) is -3.78. The third-order valence-electron chi connectivity index (χ3n) is 2.12. The van der Waals surface area contributed by atoms with Gasteiger partial charge < -0.3 is 5.73 Å². The van der Waals surface area contributed by atoms with Gasteiger partial charge in [0.1, 0.15) is 0 Å². The Morgan fingerprint density at radius 1 is 1.39 bits per heavy atom. The molecular weight excluding hydrogens is 292 g/mol. The molecule has 18 heavy (non-hydrogen) atoms. The molecular formula is C9H12N4O2S3. The summed E-state index contributed by atoms with van der Waals surface area (Å²) >= 11 is 2.79. The van der Waals surface area contributed by atoms with Crippen LogP contribution in [0, 0.1) is 6.92 Å². The lowest BCUT2D eigenvalue weighted by atomic mass is 10.3.